The van der Waals surface area contributed by atoms with Crippen LogP contribution in [0.4, 0.5) is 0 Å². The third-order valence-electron chi connectivity index (χ3n) is 3.91. The van der Waals surface area contributed by atoms with Gasteiger partial charge in [0.15, 0.2) is 0 Å². The first-order chi connectivity index (χ1) is 12.6. The Bertz CT molecular complexity index is 1030. The molecule has 3 aromatic rings. The van der Waals surface area contributed by atoms with Crippen LogP contribution in [0.15, 0.2) is 70.7 Å². The van der Waals surface area contributed by atoms with Crippen molar-refractivity contribution >= 4 is 38.7 Å². The monoisotopic (exact) mass is 406 g/mol. The lowest BCUT2D eigenvalue weighted by Crippen LogP contribution is -2.12. The van der Waals surface area contributed by atoms with Crippen molar-refractivity contribution in [1.29, 1.82) is 5.26 Å². The highest BCUT2D eigenvalue weighted by Crippen LogP contribution is 2.31. The number of rotatable bonds is 5. The Balaban J connectivity index is 2.04. The highest BCUT2D eigenvalue weighted by molar-refractivity contribution is 9.10. The lowest BCUT2D eigenvalue weighted by atomic mass is 10.0. The maximum Gasteiger partial charge on any atom is 0.259 e. The second-order valence-corrected chi connectivity index (χ2v) is 6.56. The molecule has 0 saturated carbocycles. The molecule has 0 aliphatic carbocycles. The Morgan fingerprint density at radius 3 is 2.54 bits per heavy atom. The first-order valence-electron chi connectivity index (χ1n) is 7.89. The van der Waals surface area contributed by atoms with E-state index in [4.69, 9.17) is 10.5 Å². The zero-order valence-corrected chi connectivity index (χ0v) is 15.4. The predicted octanol–water partition coefficient (Wildman–Crippen LogP) is 4.57. The van der Waals surface area contributed by atoms with E-state index in [9.17, 15) is 10.1 Å². The van der Waals surface area contributed by atoms with E-state index in [-0.39, 0.29) is 5.57 Å². The molecule has 128 valence electrons. The molecule has 0 unspecified atom stereocenters. The molecule has 2 N–H and O–H groups in total. The Morgan fingerprint density at radius 1 is 1.12 bits per heavy atom. The molecule has 0 saturated heterocycles. The fraction of sp³-hybridized carbons (Fsp3) is 0.0476. The highest BCUT2D eigenvalue weighted by atomic mass is 79.9. The average molecular weight is 407 g/mol. The molecule has 1 amide bonds. The zero-order chi connectivity index (χ0) is 18.5. The fourth-order valence-corrected chi connectivity index (χ4v) is 2.86. The molecule has 0 radical (unpaired) electrons. The second-order valence-electron chi connectivity index (χ2n) is 5.65. The number of hydrogen-bond donors (Lipinski definition) is 1. The quantitative estimate of drug-likeness (QED) is 0.497. The molecule has 0 spiro atoms. The SMILES string of the molecule is N#CC(=Cc1c(OCc2ccc(Br)cc2)ccc2ccccc12)C(N)=O. The van der Waals surface area contributed by atoms with Gasteiger partial charge in [0.05, 0.1) is 0 Å². The molecule has 26 heavy (non-hydrogen) atoms. The van der Waals surface area contributed by atoms with Gasteiger partial charge in [-0.25, -0.2) is 0 Å². The Morgan fingerprint density at radius 2 is 1.85 bits per heavy atom. The number of halogens is 1. The number of fused-ring (bicyclic) bond motifs is 1. The van der Waals surface area contributed by atoms with Crippen LogP contribution in [-0.2, 0) is 11.4 Å². The third kappa shape index (κ3) is 3.93. The number of carbonyl (C=O) groups is 1. The lowest BCUT2D eigenvalue weighted by Gasteiger charge is -2.12. The second kappa shape index (κ2) is 7.85. The Hall–Kier alpha value is -3.10. The van der Waals surface area contributed by atoms with E-state index in [0.717, 1.165) is 20.8 Å². The molecule has 0 bridgehead atoms. The van der Waals surface area contributed by atoms with E-state index in [0.29, 0.717) is 17.9 Å². The Kier molecular flexibility index (Phi) is 5.35. The van der Waals surface area contributed by atoms with E-state index in [1.165, 1.54) is 6.08 Å². The number of nitrogens with two attached hydrogens (primary N) is 1. The van der Waals surface area contributed by atoms with Gasteiger partial charge < -0.3 is 10.5 Å². The molecule has 0 aromatic heterocycles. The van der Waals surface area contributed by atoms with E-state index < -0.39 is 5.91 Å². The summed E-state index contributed by atoms with van der Waals surface area (Å²) in [5.41, 5.74) is 6.85. The third-order valence-corrected chi connectivity index (χ3v) is 4.44. The van der Waals surface area contributed by atoms with E-state index in [1.54, 1.807) is 0 Å². The van der Waals surface area contributed by atoms with Gasteiger partial charge >= 0.3 is 0 Å². The molecule has 0 fully saturated rings. The number of carbonyl (C=O) groups excluding carboxylic acids is 1. The summed E-state index contributed by atoms with van der Waals surface area (Å²) >= 11 is 3.41. The number of primary amides is 1. The first-order valence-corrected chi connectivity index (χ1v) is 8.68. The summed E-state index contributed by atoms with van der Waals surface area (Å²) in [5.74, 6) is -0.181. The normalized spacial score (nSPS) is 11.2. The van der Waals surface area contributed by atoms with Gasteiger partial charge in [0, 0.05) is 10.0 Å². The van der Waals surface area contributed by atoms with Gasteiger partial charge in [0.25, 0.3) is 5.91 Å². The van der Waals surface area contributed by atoms with Gasteiger partial charge in [-0.3, -0.25) is 4.79 Å². The minimum Gasteiger partial charge on any atom is -0.488 e. The number of ether oxygens (including phenoxy) is 1. The van der Waals surface area contributed by atoms with Crippen LogP contribution in [-0.4, -0.2) is 5.91 Å². The minimum absolute atomic E-state index is 0.116. The van der Waals surface area contributed by atoms with Crippen LogP contribution in [0.1, 0.15) is 11.1 Å². The van der Waals surface area contributed by atoms with Crippen molar-refractivity contribution in [2.24, 2.45) is 5.73 Å². The molecule has 4 nitrogen and oxygen atoms in total. The number of benzene rings is 3. The highest BCUT2D eigenvalue weighted by Gasteiger charge is 2.11. The lowest BCUT2D eigenvalue weighted by molar-refractivity contribution is -0.114. The molecule has 5 heteroatoms. The summed E-state index contributed by atoms with van der Waals surface area (Å²) in [7, 11) is 0. The van der Waals surface area contributed by atoms with Crippen molar-refractivity contribution in [2.75, 3.05) is 0 Å². The first kappa shape index (κ1) is 17.7. The smallest absolute Gasteiger partial charge is 0.259 e. The molecule has 0 atom stereocenters. The molecule has 0 aliphatic rings. The van der Waals surface area contributed by atoms with Crippen molar-refractivity contribution in [3.8, 4) is 11.8 Å². The summed E-state index contributed by atoms with van der Waals surface area (Å²) in [6.07, 6.45) is 1.49. The van der Waals surface area contributed by atoms with Gasteiger partial charge in [0.2, 0.25) is 0 Å². The average Bonchev–Trinajstić information content (AvgIpc) is 2.65. The fourth-order valence-electron chi connectivity index (χ4n) is 2.59. The van der Waals surface area contributed by atoms with Crippen LogP contribution in [0.25, 0.3) is 16.8 Å². The summed E-state index contributed by atoms with van der Waals surface area (Å²) in [4.78, 5) is 11.5. The predicted molar refractivity (Wildman–Crippen MR) is 105 cm³/mol. The van der Waals surface area contributed by atoms with E-state index in [2.05, 4.69) is 15.9 Å². The zero-order valence-electron chi connectivity index (χ0n) is 13.8. The summed E-state index contributed by atoms with van der Waals surface area (Å²) in [6.45, 7) is 0.366. The molecular formula is C21H15BrN2O2. The maximum absolute atomic E-state index is 11.5. The van der Waals surface area contributed by atoms with E-state index >= 15 is 0 Å². The standard InChI is InChI=1S/C21H15BrN2O2/c22-17-8-5-14(6-9-17)13-26-20-10-7-15-3-1-2-4-18(15)19(20)11-16(12-23)21(24)25/h1-11H,13H2,(H2,24,25). The number of nitrogens with zero attached hydrogens (tertiary/aromatic N) is 1. The molecule has 0 aliphatic heterocycles. The van der Waals surface area contributed by atoms with Crippen LogP contribution in [0.5, 0.6) is 5.75 Å². The van der Waals surface area contributed by atoms with Gasteiger partial charge in [-0.05, 0) is 40.6 Å². The van der Waals surface area contributed by atoms with Crippen molar-refractivity contribution in [3.05, 3.63) is 81.8 Å². The summed E-state index contributed by atoms with van der Waals surface area (Å²) in [5, 5.41) is 11.1. The largest absolute Gasteiger partial charge is 0.488 e. The number of hydrogen-bond acceptors (Lipinski definition) is 3. The molecule has 3 rings (SSSR count). The van der Waals surface area contributed by atoms with Gasteiger partial charge in [0.1, 0.15) is 24.0 Å². The summed E-state index contributed by atoms with van der Waals surface area (Å²) < 4.78 is 6.97. The maximum atomic E-state index is 11.5. The number of amides is 1. The molecule has 0 heterocycles. The van der Waals surface area contributed by atoms with Crippen molar-refractivity contribution in [1.82, 2.24) is 0 Å². The van der Waals surface area contributed by atoms with Crippen LogP contribution in [0.3, 0.4) is 0 Å². The van der Waals surface area contributed by atoms with Gasteiger partial charge in [-0.1, -0.05) is 58.4 Å². The topological polar surface area (TPSA) is 76.1 Å². The Labute approximate surface area is 159 Å². The van der Waals surface area contributed by atoms with Crippen LogP contribution in [0.2, 0.25) is 0 Å². The van der Waals surface area contributed by atoms with Gasteiger partial charge in [-0.2, -0.15) is 5.26 Å². The van der Waals surface area contributed by atoms with Crippen LogP contribution in [0, 0.1) is 11.3 Å². The van der Waals surface area contributed by atoms with Gasteiger partial charge in [-0.15, -0.1) is 0 Å². The molecular weight excluding hydrogens is 392 g/mol. The molecule has 3 aromatic carbocycles. The van der Waals surface area contributed by atoms with Crippen LogP contribution < -0.4 is 10.5 Å². The van der Waals surface area contributed by atoms with Crippen LogP contribution >= 0.6 is 15.9 Å². The van der Waals surface area contributed by atoms with Crippen molar-refractivity contribution < 1.29 is 9.53 Å². The van der Waals surface area contributed by atoms with Crippen molar-refractivity contribution in [3.63, 3.8) is 0 Å². The van der Waals surface area contributed by atoms with Crippen molar-refractivity contribution in [2.45, 2.75) is 6.61 Å². The number of nitriles is 1. The summed E-state index contributed by atoms with van der Waals surface area (Å²) in [6, 6.07) is 21.2. The van der Waals surface area contributed by atoms with E-state index in [1.807, 2.05) is 66.7 Å². The minimum atomic E-state index is -0.765.